The van der Waals surface area contributed by atoms with E-state index in [9.17, 15) is 14.9 Å². The van der Waals surface area contributed by atoms with Gasteiger partial charge in [-0.2, -0.15) is 0 Å². The fourth-order valence-electron chi connectivity index (χ4n) is 2.21. The van der Waals surface area contributed by atoms with Crippen LogP contribution in [-0.2, 0) is 4.79 Å². The molecule has 0 saturated carbocycles. The van der Waals surface area contributed by atoms with Crippen molar-refractivity contribution in [2.45, 2.75) is 13.8 Å². The van der Waals surface area contributed by atoms with Gasteiger partial charge in [0.2, 0.25) is 5.91 Å². The van der Waals surface area contributed by atoms with E-state index >= 15 is 0 Å². The number of benzene rings is 1. The highest BCUT2D eigenvalue weighted by molar-refractivity contribution is 6.33. The first-order valence-corrected chi connectivity index (χ1v) is 7.04. The van der Waals surface area contributed by atoms with Gasteiger partial charge in [-0.05, 0) is 19.4 Å². The van der Waals surface area contributed by atoms with Gasteiger partial charge < -0.3 is 14.7 Å². The Morgan fingerprint density at radius 1 is 1.43 bits per heavy atom. The van der Waals surface area contributed by atoms with Crippen LogP contribution in [0.4, 0.5) is 17.2 Å². The highest BCUT2D eigenvalue weighted by Gasteiger charge is 2.18. The number of carbonyl (C=O) groups excluding carboxylic acids is 1. The second kappa shape index (κ2) is 6.66. The van der Waals surface area contributed by atoms with Gasteiger partial charge in [-0.25, -0.2) is 0 Å². The Balaban J connectivity index is 2.12. The lowest BCUT2D eigenvalue weighted by Gasteiger charge is -2.21. The van der Waals surface area contributed by atoms with E-state index in [2.05, 4.69) is 10.5 Å². The highest BCUT2D eigenvalue weighted by Crippen LogP contribution is 2.33. The Morgan fingerprint density at radius 2 is 2.13 bits per heavy atom. The summed E-state index contributed by atoms with van der Waals surface area (Å²) in [4.78, 5) is 23.9. The summed E-state index contributed by atoms with van der Waals surface area (Å²) in [6, 6.07) is 4.28. The number of aromatic nitrogens is 1. The Bertz CT molecular complexity index is 736. The van der Waals surface area contributed by atoms with Crippen molar-refractivity contribution in [3.8, 4) is 0 Å². The van der Waals surface area contributed by atoms with Crippen LogP contribution in [0.15, 0.2) is 22.7 Å². The maximum atomic E-state index is 12.0. The average molecular weight is 339 g/mol. The lowest BCUT2D eigenvalue weighted by molar-refractivity contribution is -0.384. The van der Waals surface area contributed by atoms with Gasteiger partial charge in [-0.15, -0.1) is 0 Å². The van der Waals surface area contributed by atoms with Gasteiger partial charge in [0.1, 0.15) is 5.76 Å². The van der Waals surface area contributed by atoms with Gasteiger partial charge in [-0.1, -0.05) is 16.8 Å². The van der Waals surface area contributed by atoms with Crippen LogP contribution in [0.2, 0.25) is 5.02 Å². The minimum atomic E-state index is -0.512. The molecule has 0 radical (unpaired) electrons. The van der Waals surface area contributed by atoms with Crippen molar-refractivity contribution in [3.05, 3.63) is 44.7 Å². The van der Waals surface area contributed by atoms with Gasteiger partial charge in [0.15, 0.2) is 5.82 Å². The number of nitro benzene ring substituents is 1. The molecule has 0 bridgehead atoms. The maximum Gasteiger partial charge on any atom is 0.271 e. The Labute approximate surface area is 137 Å². The first-order chi connectivity index (χ1) is 10.8. The van der Waals surface area contributed by atoms with E-state index in [-0.39, 0.29) is 23.2 Å². The average Bonchev–Trinajstić information content (AvgIpc) is 2.82. The van der Waals surface area contributed by atoms with Crippen LogP contribution >= 0.6 is 11.6 Å². The van der Waals surface area contributed by atoms with E-state index in [0.29, 0.717) is 22.8 Å². The molecule has 0 spiro atoms. The molecule has 23 heavy (non-hydrogen) atoms. The summed E-state index contributed by atoms with van der Waals surface area (Å²) in [5, 5.41) is 17.3. The fourth-order valence-corrected chi connectivity index (χ4v) is 2.61. The molecule has 1 heterocycles. The number of halogens is 1. The van der Waals surface area contributed by atoms with Crippen molar-refractivity contribution in [1.82, 2.24) is 5.16 Å². The number of nitro groups is 1. The summed E-state index contributed by atoms with van der Waals surface area (Å²) in [5.74, 6) is 0.602. The topological polar surface area (TPSA) is 102 Å². The van der Waals surface area contributed by atoms with Crippen molar-refractivity contribution in [2.24, 2.45) is 0 Å². The largest absolute Gasteiger partial charge is 0.364 e. The molecule has 0 aliphatic rings. The van der Waals surface area contributed by atoms with Crippen LogP contribution in [0.25, 0.3) is 0 Å². The standard InChI is InChI=1S/C14H15ClN4O4/c1-8-4-10(19(21)22)6-11(15)14(8)18(3)7-13(20)16-12-5-9(2)23-17-12/h4-6H,7H2,1-3H3,(H,16,17,20). The number of nitrogens with one attached hydrogen (secondary N) is 1. The molecule has 0 fully saturated rings. The number of hydrogen-bond acceptors (Lipinski definition) is 6. The van der Waals surface area contributed by atoms with Crippen LogP contribution in [-0.4, -0.2) is 29.6 Å². The molecule has 0 unspecified atom stereocenters. The van der Waals surface area contributed by atoms with Gasteiger partial charge in [-0.3, -0.25) is 14.9 Å². The zero-order valence-corrected chi connectivity index (χ0v) is 13.5. The van der Waals surface area contributed by atoms with Crippen molar-refractivity contribution >= 4 is 34.7 Å². The van der Waals surface area contributed by atoms with Crippen molar-refractivity contribution in [3.63, 3.8) is 0 Å². The van der Waals surface area contributed by atoms with Gasteiger partial charge in [0.05, 0.1) is 22.2 Å². The lowest BCUT2D eigenvalue weighted by Crippen LogP contribution is -2.30. The smallest absolute Gasteiger partial charge is 0.271 e. The Morgan fingerprint density at radius 3 is 2.65 bits per heavy atom. The summed E-state index contributed by atoms with van der Waals surface area (Å²) in [7, 11) is 1.67. The van der Waals surface area contributed by atoms with Crippen LogP contribution in [0.1, 0.15) is 11.3 Å². The third-order valence-electron chi connectivity index (χ3n) is 3.11. The predicted molar refractivity (Wildman–Crippen MR) is 86.0 cm³/mol. The minimum absolute atomic E-state index is 0.00424. The minimum Gasteiger partial charge on any atom is -0.364 e. The molecule has 0 aliphatic carbocycles. The second-order valence-electron chi connectivity index (χ2n) is 5.08. The molecule has 2 aromatic rings. The number of likely N-dealkylation sites (N-methyl/N-ethyl adjacent to an activating group) is 1. The number of non-ortho nitro benzene ring substituents is 1. The molecule has 1 amide bonds. The summed E-state index contributed by atoms with van der Waals surface area (Å²) < 4.78 is 4.87. The number of rotatable bonds is 5. The summed E-state index contributed by atoms with van der Waals surface area (Å²) >= 11 is 6.12. The molecule has 9 heteroatoms. The SMILES string of the molecule is Cc1cc(NC(=O)CN(C)c2c(C)cc([N+](=O)[O-])cc2Cl)no1. The third-order valence-corrected chi connectivity index (χ3v) is 3.40. The molecule has 1 aromatic carbocycles. The van der Waals surface area contributed by atoms with E-state index in [4.69, 9.17) is 16.1 Å². The number of carbonyl (C=O) groups is 1. The zero-order chi connectivity index (χ0) is 17.1. The molecule has 2 rings (SSSR count). The third kappa shape index (κ3) is 3.98. The highest BCUT2D eigenvalue weighted by atomic mass is 35.5. The summed E-state index contributed by atoms with van der Waals surface area (Å²) in [6.45, 7) is 3.42. The van der Waals surface area contributed by atoms with E-state index in [1.807, 2.05) is 0 Å². The molecule has 8 nitrogen and oxygen atoms in total. The van der Waals surface area contributed by atoms with E-state index in [1.165, 1.54) is 12.1 Å². The van der Waals surface area contributed by atoms with Crippen LogP contribution < -0.4 is 10.2 Å². The zero-order valence-electron chi connectivity index (χ0n) is 12.8. The van der Waals surface area contributed by atoms with Crippen molar-refractivity contribution in [1.29, 1.82) is 0 Å². The number of hydrogen-bond donors (Lipinski definition) is 1. The molecular formula is C14H15ClN4O4. The van der Waals surface area contributed by atoms with Gasteiger partial charge in [0, 0.05) is 25.2 Å². The fraction of sp³-hybridized carbons (Fsp3) is 0.286. The summed E-state index contributed by atoms with van der Waals surface area (Å²) in [5.41, 5.74) is 1.08. The summed E-state index contributed by atoms with van der Waals surface area (Å²) in [6.07, 6.45) is 0. The van der Waals surface area contributed by atoms with Crippen molar-refractivity contribution < 1.29 is 14.2 Å². The Kier molecular flexibility index (Phi) is 4.85. The lowest BCUT2D eigenvalue weighted by atomic mass is 10.1. The predicted octanol–water partition coefficient (Wildman–Crippen LogP) is 2.93. The molecule has 1 aromatic heterocycles. The molecule has 122 valence electrons. The van der Waals surface area contributed by atoms with Crippen LogP contribution in [0.3, 0.4) is 0 Å². The maximum absolute atomic E-state index is 12.0. The normalized spacial score (nSPS) is 10.4. The molecule has 0 atom stereocenters. The quantitative estimate of drug-likeness (QED) is 0.664. The van der Waals surface area contributed by atoms with E-state index < -0.39 is 4.92 Å². The number of anilines is 2. The molecule has 0 saturated heterocycles. The monoisotopic (exact) mass is 338 g/mol. The first-order valence-electron chi connectivity index (χ1n) is 6.66. The number of amides is 1. The molecular weight excluding hydrogens is 324 g/mol. The Hall–Kier alpha value is -2.61. The molecule has 0 aliphatic heterocycles. The van der Waals surface area contributed by atoms with Crippen molar-refractivity contribution in [2.75, 3.05) is 23.8 Å². The number of aryl methyl sites for hydroxylation is 2. The molecule has 1 N–H and O–H groups in total. The van der Waals surface area contributed by atoms with Gasteiger partial charge >= 0.3 is 0 Å². The number of nitrogens with zero attached hydrogens (tertiary/aromatic N) is 3. The van der Waals surface area contributed by atoms with E-state index in [0.717, 1.165) is 0 Å². The van der Waals surface area contributed by atoms with Crippen LogP contribution in [0.5, 0.6) is 0 Å². The second-order valence-corrected chi connectivity index (χ2v) is 5.48. The van der Waals surface area contributed by atoms with Crippen LogP contribution in [0, 0.1) is 24.0 Å². The van der Waals surface area contributed by atoms with Gasteiger partial charge in [0.25, 0.3) is 5.69 Å². The first kappa shape index (κ1) is 16.8. The van der Waals surface area contributed by atoms with E-state index in [1.54, 1.807) is 31.9 Å².